The predicted octanol–water partition coefficient (Wildman–Crippen LogP) is 1.83. The normalized spacial score (nSPS) is 48.0. The Bertz CT molecular complexity index is 191. The summed E-state index contributed by atoms with van der Waals surface area (Å²) in [6.45, 7) is 6.10. The Labute approximate surface area is 81.9 Å². The molecule has 0 aromatic rings. The number of hydrazine groups is 1. The van der Waals surface area contributed by atoms with Gasteiger partial charge in [0, 0.05) is 26.7 Å². The summed E-state index contributed by atoms with van der Waals surface area (Å²) in [5.74, 6) is 2.74. The van der Waals surface area contributed by atoms with Gasteiger partial charge in [-0.2, -0.15) is 0 Å². The largest absolute Gasteiger partial charge is 0.245 e. The molecule has 4 atom stereocenters. The average molecular weight is 182 g/mol. The Balaban J connectivity index is 2.12. The van der Waals surface area contributed by atoms with E-state index in [1.165, 1.54) is 19.4 Å². The fraction of sp³-hybridized carbons (Fsp3) is 1.00. The van der Waals surface area contributed by atoms with Crippen LogP contribution in [0.15, 0.2) is 0 Å². The molecule has 1 saturated carbocycles. The second kappa shape index (κ2) is 3.25. The summed E-state index contributed by atoms with van der Waals surface area (Å²) in [6, 6.07) is 0.821. The van der Waals surface area contributed by atoms with Gasteiger partial charge in [0.25, 0.3) is 0 Å². The molecule has 76 valence electrons. The average Bonchev–Trinajstić information content (AvgIpc) is 2.27. The molecule has 2 nitrogen and oxygen atoms in total. The molecule has 2 fully saturated rings. The summed E-state index contributed by atoms with van der Waals surface area (Å²) in [7, 11) is 4.47. The van der Waals surface area contributed by atoms with E-state index >= 15 is 0 Å². The molecule has 0 amide bonds. The van der Waals surface area contributed by atoms with E-state index in [4.69, 9.17) is 0 Å². The molecule has 1 aliphatic carbocycles. The van der Waals surface area contributed by atoms with Crippen LogP contribution in [0.1, 0.15) is 26.7 Å². The maximum Gasteiger partial charge on any atom is 0.0309 e. The van der Waals surface area contributed by atoms with Crippen molar-refractivity contribution in [3.8, 4) is 0 Å². The molecule has 2 aliphatic rings. The summed E-state index contributed by atoms with van der Waals surface area (Å²) >= 11 is 0. The maximum atomic E-state index is 2.46. The van der Waals surface area contributed by atoms with Gasteiger partial charge in [0.05, 0.1) is 0 Å². The Morgan fingerprint density at radius 1 is 1.08 bits per heavy atom. The van der Waals surface area contributed by atoms with Gasteiger partial charge in [-0.1, -0.05) is 13.8 Å². The van der Waals surface area contributed by atoms with Gasteiger partial charge in [-0.25, -0.2) is 10.0 Å². The minimum atomic E-state index is 0.821. The minimum absolute atomic E-state index is 0.821. The molecule has 0 spiro atoms. The van der Waals surface area contributed by atoms with Crippen molar-refractivity contribution >= 4 is 0 Å². The summed E-state index contributed by atoms with van der Waals surface area (Å²) in [4.78, 5) is 0. The highest BCUT2D eigenvalue weighted by atomic mass is 15.6. The molecule has 0 N–H and O–H groups in total. The minimum Gasteiger partial charge on any atom is -0.245 e. The molecule has 0 aromatic heterocycles. The molecule has 0 radical (unpaired) electrons. The van der Waals surface area contributed by atoms with Crippen molar-refractivity contribution in [3.05, 3.63) is 0 Å². The first-order chi connectivity index (χ1) is 6.09. The van der Waals surface area contributed by atoms with E-state index in [0.29, 0.717) is 0 Å². The number of rotatable bonds is 0. The molecule has 1 aliphatic heterocycles. The lowest BCUT2D eigenvalue weighted by Crippen LogP contribution is -2.42. The summed E-state index contributed by atoms with van der Waals surface area (Å²) in [5.41, 5.74) is 0. The summed E-state index contributed by atoms with van der Waals surface area (Å²) in [6.07, 6.45) is 2.85. The number of hydrogen-bond donors (Lipinski definition) is 0. The molecule has 0 aromatic carbocycles. The summed E-state index contributed by atoms with van der Waals surface area (Å²) < 4.78 is 0. The second-order valence-corrected chi connectivity index (χ2v) is 5.22. The molecule has 2 heteroatoms. The smallest absolute Gasteiger partial charge is 0.0309 e. The number of hydrogen-bond acceptors (Lipinski definition) is 2. The molecule has 4 unspecified atom stereocenters. The van der Waals surface area contributed by atoms with Crippen molar-refractivity contribution in [1.82, 2.24) is 10.0 Å². The zero-order valence-electron chi connectivity index (χ0n) is 9.33. The Morgan fingerprint density at radius 3 is 2.46 bits per heavy atom. The Hall–Kier alpha value is -0.0800. The van der Waals surface area contributed by atoms with E-state index in [2.05, 4.69) is 38.0 Å². The van der Waals surface area contributed by atoms with Gasteiger partial charge in [0.2, 0.25) is 0 Å². The van der Waals surface area contributed by atoms with E-state index < -0.39 is 0 Å². The van der Waals surface area contributed by atoms with E-state index in [1.807, 2.05) is 0 Å². The lowest BCUT2D eigenvalue weighted by molar-refractivity contribution is 0.0177. The van der Waals surface area contributed by atoms with Crippen molar-refractivity contribution in [2.45, 2.75) is 32.7 Å². The highest BCUT2D eigenvalue weighted by Crippen LogP contribution is 2.39. The third-order valence-electron chi connectivity index (χ3n) is 4.01. The van der Waals surface area contributed by atoms with Gasteiger partial charge in [-0.15, -0.1) is 0 Å². The fourth-order valence-corrected chi connectivity index (χ4v) is 3.54. The van der Waals surface area contributed by atoms with Gasteiger partial charge < -0.3 is 0 Å². The monoisotopic (exact) mass is 182 g/mol. The van der Waals surface area contributed by atoms with Crippen molar-refractivity contribution in [1.29, 1.82) is 0 Å². The molecule has 1 saturated heterocycles. The van der Waals surface area contributed by atoms with Crippen LogP contribution in [0.2, 0.25) is 0 Å². The van der Waals surface area contributed by atoms with Gasteiger partial charge in [0.15, 0.2) is 0 Å². The quantitative estimate of drug-likeness (QED) is 0.564. The molecule has 0 bridgehead atoms. The molecule has 1 heterocycles. The third-order valence-corrected chi connectivity index (χ3v) is 4.01. The maximum absolute atomic E-state index is 2.46. The van der Waals surface area contributed by atoms with E-state index in [0.717, 1.165) is 23.8 Å². The molecule has 13 heavy (non-hydrogen) atoms. The van der Waals surface area contributed by atoms with Crippen LogP contribution in [0.3, 0.4) is 0 Å². The number of fused-ring (bicyclic) bond motifs is 1. The summed E-state index contributed by atoms with van der Waals surface area (Å²) in [5, 5.41) is 4.85. The molecule has 2 rings (SSSR count). The van der Waals surface area contributed by atoms with Crippen LogP contribution in [-0.2, 0) is 0 Å². The SMILES string of the molecule is CC1CC(C)C2C(C1)CN(C)N2C. The lowest BCUT2D eigenvalue weighted by atomic mass is 9.74. The van der Waals surface area contributed by atoms with E-state index in [1.54, 1.807) is 0 Å². The Morgan fingerprint density at radius 2 is 1.77 bits per heavy atom. The van der Waals surface area contributed by atoms with Crippen LogP contribution in [-0.4, -0.2) is 36.7 Å². The van der Waals surface area contributed by atoms with Gasteiger partial charge in [-0.3, -0.25) is 0 Å². The fourth-order valence-electron chi connectivity index (χ4n) is 3.54. The lowest BCUT2D eigenvalue weighted by Gasteiger charge is -2.38. The second-order valence-electron chi connectivity index (χ2n) is 5.22. The first-order valence-corrected chi connectivity index (χ1v) is 5.53. The van der Waals surface area contributed by atoms with Gasteiger partial charge >= 0.3 is 0 Å². The Kier molecular flexibility index (Phi) is 2.37. The number of nitrogens with zero attached hydrogens (tertiary/aromatic N) is 2. The molecular formula is C11H22N2. The highest BCUT2D eigenvalue weighted by molar-refractivity contribution is 4.92. The van der Waals surface area contributed by atoms with Crippen molar-refractivity contribution in [2.24, 2.45) is 17.8 Å². The van der Waals surface area contributed by atoms with Crippen LogP contribution in [0, 0.1) is 17.8 Å². The van der Waals surface area contributed by atoms with Crippen molar-refractivity contribution in [2.75, 3.05) is 20.6 Å². The van der Waals surface area contributed by atoms with Crippen LogP contribution < -0.4 is 0 Å². The van der Waals surface area contributed by atoms with E-state index in [-0.39, 0.29) is 0 Å². The van der Waals surface area contributed by atoms with Crippen molar-refractivity contribution in [3.63, 3.8) is 0 Å². The first kappa shape index (κ1) is 9.47. The highest BCUT2D eigenvalue weighted by Gasteiger charge is 2.42. The van der Waals surface area contributed by atoms with Crippen LogP contribution >= 0.6 is 0 Å². The van der Waals surface area contributed by atoms with Crippen LogP contribution in [0.25, 0.3) is 0 Å². The van der Waals surface area contributed by atoms with Gasteiger partial charge in [0.1, 0.15) is 0 Å². The zero-order valence-corrected chi connectivity index (χ0v) is 9.33. The van der Waals surface area contributed by atoms with Crippen molar-refractivity contribution < 1.29 is 0 Å². The standard InChI is InChI=1S/C11H22N2/c1-8-5-9(2)11-10(6-8)7-12(3)13(11)4/h8-11H,5-7H2,1-4H3. The topological polar surface area (TPSA) is 6.48 Å². The third kappa shape index (κ3) is 1.50. The van der Waals surface area contributed by atoms with Crippen LogP contribution in [0.4, 0.5) is 0 Å². The first-order valence-electron chi connectivity index (χ1n) is 5.53. The zero-order chi connectivity index (χ0) is 9.59. The van der Waals surface area contributed by atoms with Gasteiger partial charge in [-0.05, 0) is 30.6 Å². The molecular weight excluding hydrogens is 160 g/mol. The van der Waals surface area contributed by atoms with Crippen LogP contribution in [0.5, 0.6) is 0 Å². The predicted molar refractivity (Wildman–Crippen MR) is 55.2 cm³/mol. The van der Waals surface area contributed by atoms with E-state index in [9.17, 15) is 0 Å².